The molecule has 0 radical (unpaired) electrons. The standard InChI is InChI=1S/C20H30N4O3/c1-22-12-17(11-21-22)13-23-5-6-24(18(15-23)4-7-25)14-16-8-19(26-2)10-20(9-16)27-3/h8-12,18,25H,4-7,13-15H2,1-3H3/t18-/m0/s1. The van der Waals surface area contributed by atoms with E-state index in [1.165, 1.54) is 5.56 Å². The van der Waals surface area contributed by atoms with Gasteiger partial charge in [0, 0.05) is 70.2 Å². The molecule has 0 amide bonds. The first kappa shape index (κ1) is 19.7. The number of aliphatic hydroxyl groups excluding tert-OH is 1. The van der Waals surface area contributed by atoms with Gasteiger partial charge in [-0.3, -0.25) is 14.5 Å². The van der Waals surface area contributed by atoms with Crippen LogP contribution in [0.15, 0.2) is 30.6 Å². The van der Waals surface area contributed by atoms with Crippen LogP contribution in [-0.2, 0) is 20.1 Å². The second-order valence-corrected chi connectivity index (χ2v) is 7.11. The van der Waals surface area contributed by atoms with E-state index >= 15 is 0 Å². The molecule has 27 heavy (non-hydrogen) atoms. The van der Waals surface area contributed by atoms with E-state index in [4.69, 9.17) is 9.47 Å². The maximum Gasteiger partial charge on any atom is 0.122 e. The summed E-state index contributed by atoms with van der Waals surface area (Å²) in [6.45, 7) is 4.82. The molecule has 1 aromatic heterocycles. The van der Waals surface area contributed by atoms with E-state index in [-0.39, 0.29) is 6.61 Å². The lowest BCUT2D eigenvalue weighted by Gasteiger charge is -2.41. The van der Waals surface area contributed by atoms with Crippen LogP contribution in [-0.4, -0.2) is 71.2 Å². The summed E-state index contributed by atoms with van der Waals surface area (Å²) in [6.07, 6.45) is 4.76. The van der Waals surface area contributed by atoms with Crippen LogP contribution in [0, 0.1) is 0 Å². The molecule has 1 N–H and O–H groups in total. The molecule has 1 saturated heterocycles. The van der Waals surface area contributed by atoms with Crippen molar-refractivity contribution >= 4 is 0 Å². The lowest BCUT2D eigenvalue weighted by molar-refractivity contribution is 0.0499. The van der Waals surface area contributed by atoms with E-state index in [9.17, 15) is 5.11 Å². The molecule has 0 saturated carbocycles. The third-order valence-electron chi connectivity index (χ3n) is 5.11. The minimum absolute atomic E-state index is 0.198. The van der Waals surface area contributed by atoms with E-state index in [1.807, 2.05) is 24.0 Å². The van der Waals surface area contributed by atoms with E-state index in [2.05, 4.69) is 33.2 Å². The molecular weight excluding hydrogens is 344 g/mol. The smallest absolute Gasteiger partial charge is 0.122 e. The molecule has 1 aliphatic heterocycles. The second-order valence-electron chi connectivity index (χ2n) is 7.11. The summed E-state index contributed by atoms with van der Waals surface area (Å²) in [5.41, 5.74) is 2.39. The summed E-state index contributed by atoms with van der Waals surface area (Å²) in [6, 6.07) is 6.32. The van der Waals surface area contributed by atoms with Gasteiger partial charge in [-0.1, -0.05) is 0 Å². The number of hydrogen-bond acceptors (Lipinski definition) is 6. The van der Waals surface area contributed by atoms with E-state index in [1.54, 1.807) is 14.2 Å². The Labute approximate surface area is 161 Å². The third-order valence-corrected chi connectivity index (χ3v) is 5.11. The zero-order chi connectivity index (χ0) is 19.2. The van der Waals surface area contributed by atoms with Crippen LogP contribution in [0.4, 0.5) is 0 Å². The zero-order valence-electron chi connectivity index (χ0n) is 16.5. The topological polar surface area (TPSA) is 63.0 Å². The molecule has 0 bridgehead atoms. The van der Waals surface area contributed by atoms with Gasteiger partial charge in [0.05, 0.1) is 20.4 Å². The fourth-order valence-electron chi connectivity index (χ4n) is 3.74. The Bertz CT molecular complexity index is 712. The first-order valence-electron chi connectivity index (χ1n) is 9.38. The summed E-state index contributed by atoms with van der Waals surface area (Å²) < 4.78 is 12.6. The summed E-state index contributed by atoms with van der Waals surface area (Å²) in [5.74, 6) is 1.61. The predicted molar refractivity (Wildman–Crippen MR) is 104 cm³/mol. The van der Waals surface area contributed by atoms with Crippen molar-refractivity contribution in [1.29, 1.82) is 0 Å². The number of piperazine rings is 1. The quantitative estimate of drug-likeness (QED) is 0.756. The highest BCUT2D eigenvalue weighted by Gasteiger charge is 2.27. The first-order valence-corrected chi connectivity index (χ1v) is 9.38. The maximum absolute atomic E-state index is 9.55. The number of aryl methyl sites for hydroxylation is 1. The van der Waals surface area contributed by atoms with Crippen molar-refractivity contribution in [2.75, 3.05) is 40.5 Å². The van der Waals surface area contributed by atoms with Crippen molar-refractivity contribution in [3.05, 3.63) is 41.7 Å². The first-order chi connectivity index (χ1) is 13.1. The summed E-state index contributed by atoms with van der Waals surface area (Å²) >= 11 is 0. The van der Waals surface area contributed by atoms with Crippen LogP contribution in [0.25, 0.3) is 0 Å². The van der Waals surface area contributed by atoms with Crippen LogP contribution in [0.1, 0.15) is 17.5 Å². The van der Waals surface area contributed by atoms with Gasteiger partial charge in [0.15, 0.2) is 0 Å². The molecule has 0 unspecified atom stereocenters. The van der Waals surface area contributed by atoms with Gasteiger partial charge in [-0.2, -0.15) is 5.10 Å². The number of methoxy groups -OCH3 is 2. The average Bonchev–Trinajstić information content (AvgIpc) is 3.08. The molecule has 7 nitrogen and oxygen atoms in total. The molecule has 2 heterocycles. The molecule has 0 spiro atoms. The fourth-order valence-corrected chi connectivity index (χ4v) is 3.74. The monoisotopic (exact) mass is 374 g/mol. The summed E-state index contributed by atoms with van der Waals surface area (Å²) in [7, 11) is 5.28. The molecule has 1 fully saturated rings. The lowest BCUT2D eigenvalue weighted by atomic mass is 10.1. The largest absolute Gasteiger partial charge is 0.497 e. The number of rotatable bonds is 8. The third kappa shape index (κ3) is 5.22. The van der Waals surface area contributed by atoms with Crippen LogP contribution >= 0.6 is 0 Å². The van der Waals surface area contributed by atoms with Gasteiger partial charge >= 0.3 is 0 Å². The molecule has 0 aliphatic carbocycles. The Balaban J connectivity index is 1.67. The predicted octanol–water partition coefficient (Wildman–Crippen LogP) is 1.51. The van der Waals surface area contributed by atoms with Crippen molar-refractivity contribution in [2.24, 2.45) is 7.05 Å². The van der Waals surface area contributed by atoms with E-state index in [0.29, 0.717) is 6.04 Å². The summed E-state index contributed by atoms with van der Waals surface area (Å²) in [4.78, 5) is 4.89. The van der Waals surface area contributed by atoms with Gasteiger partial charge in [-0.15, -0.1) is 0 Å². The number of benzene rings is 1. The highest BCUT2D eigenvalue weighted by atomic mass is 16.5. The Morgan fingerprint density at radius 1 is 1.07 bits per heavy atom. The number of aromatic nitrogens is 2. The second kappa shape index (κ2) is 9.21. The number of hydrogen-bond donors (Lipinski definition) is 1. The van der Waals surface area contributed by atoms with Crippen LogP contribution in [0.5, 0.6) is 11.5 Å². The summed E-state index contributed by atoms with van der Waals surface area (Å²) in [5, 5.41) is 13.8. The van der Waals surface area contributed by atoms with Gasteiger partial charge in [-0.05, 0) is 24.1 Å². The molecule has 1 aliphatic rings. The molecule has 1 atom stereocenters. The highest BCUT2D eigenvalue weighted by molar-refractivity contribution is 5.38. The van der Waals surface area contributed by atoms with Crippen molar-refractivity contribution in [2.45, 2.75) is 25.6 Å². The van der Waals surface area contributed by atoms with E-state index in [0.717, 1.165) is 56.2 Å². The van der Waals surface area contributed by atoms with Crippen molar-refractivity contribution < 1.29 is 14.6 Å². The maximum atomic E-state index is 9.55. The number of ether oxygens (including phenoxy) is 2. The van der Waals surface area contributed by atoms with E-state index < -0.39 is 0 Å². The zero-order valence-corrected chi connectivity index (χ0v) is 16.5. The molecule has 3 rings (SSSR count). The van der Waals surface area contributed by atoms with Crippen molar-refractivity contribution in [1.82, 2.24) is 19.6 Å². The van der Waals surface area contributed by atoms with Crippen LogP contribution in [0.2, 0.25) is 0 Å². The van der Waals surface area contributed by atoms with Gasteiger partial charge < -0.3 is 14.6 Å². The Kier molecular flexibility index (Phi) is 6.71. The Hall–Kier alpha value is -2.09. The number of aliphatic hydroxyl groups is 1. The van der Waals surface area contributed by atoms with Crippen molar-refractivity contribution in [3.63, 3.8) is 0 Å². The van der Waals surface area contributed by atoms with Gasteiger partial charge in [0.25, 0.3) is 0 Å². The normalized spacial score (nSPS) is 18.6. The fraction of sp³-hybridized carbons (Fsp3) is 0.550. The Morgan fingerprint density at radius 2 is 1.81 bits per heavy atom. The Morgan fingerprint density at radius 3 is 2.41 bits per heavy atom. The lowest BCUT2D eigenvalue weighted by Crippen LogP contribution is -2.52. The SMILES string of the molecule is COc1cc(CN2CCN(Cc3cnn(C)c3)C[C@@H]2CCO)cc(OC)c1. The van der Waals surface area contributed by atoms with Crippen LogP contribution in [0.3, 0.4) is 0 Å². The minimum atomic E-state index is 0.198. The van der Waals surface area contributed by atoms with Gasteiger partial charge in [0.1, 0.15) is 11.5 Å². The average molecular weight is 374 g/mol. The van der Waals surface area contributed by atoms with Crippen molar-refractivity contribution in [3.8, 4) is 11.5 Å². The number of nitrogens with zero attached hydrogens (tertiary/aromatic N) is 4. The van der Waals surface area contributed by atoms with Gasteiger partial charge in [0.2, 0.25) is 0 Å². The molecule has 148 valence electrons. The van der Waals surface area contributed by atoms with Crippen LogP contribution < -0.4 is 9.47 Å². The minimum Gasteiger partial charge on any atom is -0.497 e. The molecule has 1 aromatic carbocycles. The molecular formula is C20H30N4O3. The highest BCUT2D eigenvalue weighted by Crippen LogP contribution is 2.25. The molecule has 2 aromatic rings. The molecule has 7 heteroatoms. The van der Waals surface area contributed by atoms with Gasteiger partial charge in [-0.25, -0.2) is 0 Å².